The Bertz CT molecular complexity index is 824. The first kappa shape index (κ1) is 23.1. The van der Waals surface area contributed by atoms with Gasteiger partial charge in [0.05, 0.1) is 11.4 Å². The predicted octanol–water partition coefficient (Wildman–Crippen LogP) is 4.40. The van der Waals surface area contributed by atoms with Crippen LogP contribution in [0.2, 0.25) is 0 Å². The summed E-state index contributed by atoms with van der Waals surface area (Å²) in [5.74, 6) is 0.872. The number of ether oxygens (including phenoxy) is 1. The molecule has 0 spiro atoms. The largest absolute Gasteiger partial charge is 0.490 e. The number of anilines is 1. The maximum atomic E-state index is 12.7. The van der Waals surface area contributed by atoms with Crippen LogP contribution >= 0.6 is 0 Å². The van der Waals surface area contributed by atoms with Crippen molar-refractivity contribution in [2.75, 3.05) is 5.32 Å². The Morgan fingerprint density at radius 3 is 2.37 bits per heavy atom. The molecule has 2 N–H and O–H groups in total. The molecule has 0 heterocycles. The van der Waals surface area contributed by atoms with E-state index in [1.165, 1.54) is 12.8 Å². The van der Waals surface area contributed by atoms with Gasteiger partial charge in [0, 0.05) is 17.6 Å². The van der Waals surface area contributed by atoms with E-state index in [1.54, 1.807) is 13.8 Å². The van der Waals surface area contributed by atoms with Crippen LogP contribution in [0.5, 0.6) is 5.75 Å². The SMILES string of the molecule is CCc1cc(NC(=O)C2CCC(NS(=O)(=O)C(C)C)CC2)ccc1OC1CCCC1. The molecule has 0 aromatic heterocycles. The molecule has 30 heavy (non-hydrogen) atoms. The first-order valence-corrected chi connectivity index (χ1v) is 12.9. The summed E-state index contributed by atoms with van der Waals surface area (Å²) in [5, 5.41) is 2.62. The van der Waals surface area contributed by atoms with Crippen LogP contribution in [0.3, 0.4) is 0 Å². The molecule has 0 unspecified atom stereocenters. The van der Waals surface area contributed by atoms with E-state index in [-0.39, 0.29) is 17.9 Å². The Balaban J connectivity index is 1.53. The average molecular weight is 437 g/mol. The lowest BCUT2D eigenvalue weighted by Gasteiger charge is -2.29. The minimum absolute atomic E-state index is 0.0201. The lowest BCUT2D eigenvalue weighted by Crippen LogP contribution is -2.42. The molecule has 7 heteroatoms. The van der Waals surface area contributed by atoms with Crippen molar-refractivity contribution in [3.63, 3.8) is 0 Å². The molecule has 3 rings (SSSR count). The number of aryl methyl sites for hydroxylation is 1. The quantitative estimate of drug-likeness (QED) is 0.633. The lowest BCUT2D eigenvalue weighted by atomic mass is 9.86. The number of hydrogen-bond donors (Lipinski definition) is 2. The molecule has 6 nitrogen and oxygen atoms in total. The van der Waals surface area contributed by atoms with E-state index in [4.69, 9.17) is 4.74 Å². The van der Waals surface area contributed by atoms with Crippen molar-refractivity contribution in [2.24, 2.45) is 5.92 Å². The summed E-state index contributed by atoms with van der Waals surface area (Å²) in [6, 6.07) is 5.85. The highest BCUT2D eigenvalue weighted by atomic mass is 32.2. The zero-order chi connectivity index (χ0) is 21.7. The van der Waals surface area contributed by atoms with Gasteiger partial charge in [-0.05, 0) is 95.4 Å². The fraction of sp³-hybridized carbons (Fsp3) is 0.696. The Hall–Kier alpha value is -1.60. The average Bonchev–Trinajstić information content (AvgIpc) is 3.22. The predicted molar refractivity (Wildman–Crippen MR) is 120 cm³/mol. The number of carbonyl (C=O) groups is 1. The van der Waals surface area contributed by atoms with Crippen LogP contribution in [0.25, 0.3) is 0 Å². The van der Waals surface area contributed by atoms with Gasteiger partial charge in [0.15, 0.2) is 0 Å². The maximum Gasteiger partial charge on any atom is 0.227 e. The van der Waals surface area contributed by atoms with E-state index in [0.717, 1.165) is 36.3 Å². The van der Waals surface area contributed by atoms with E-state index in [2.05, 4.69) is 17.0 Å². The lowest BCUT2D eigenvalue weighted by molar-refractivity contribution is -0.120. The first-order valence-electron chi connectivity index (χ1n) is 11.4. The van der Waals surface area contributed by atoms with Crippen molar-refractivity contribution in [1.82, 2.24) is 4.72 Å². The van der Waals surface area contributed by atoms with Gasteiger partial charge >= 0.3 is 0 Å². The molecule has 2 aliphatic carbocycles. The molecule has 0 radical (unpaired) electrons. The summed E-state index contributed by atoms with van der Waals surface area (Å²) in [6.45, 7) is 5.45. The summed E-state index contributed by atoms with van der Waals surface area (Å²) >= 11 is 0. The number of amides is 1. The summed E-state index contributed by atoms with van der Waals surface area (Å²) in [6.07, 6.45) is 8.67. The van der Waals surface area contributed by atoms with Crippen LogP contribution in [0.4, 0.5) is 5.69 Å². The van der Waals surface area contributed by atoms with Gasteiger partial charge in [0.25, 0.3) is 0 Å². The third-order valence-corrected chi connectivity index (χ3v) is 8.26. The number of hydrogen-bond acceptors (Lipinski definition) is 4. The van der Waals surface area contributed by atoms with Gasteiger partial charge < -0.3 is 10.1 Å². The Morgan fingerprint density at radius 1 is 1.10 bits per heavy atom. The van der Waals surface area contributed by atoms with Crippen LogP contribution in [0, 0.1) is 5.92 Å². The second kappa shape index (κ2) is 10.1. The molecular formula is C23H36N2O4S. The van der Waals surface area contributed by atoms with Crippen molar-refractivity contribution in [3.05, 3.63) is 23.8 Å². The van der Waals surface area contributed by atoms with Gasteiger partial charge in [0.1, 0.15) is 5.75 Å². The highest BCUT2D eigenvalue weighted by molar-refractivity contribution is 7.90. The molecular weight excluding hydrogens is 400 g/mol. The van der Waals surface area contributed by atoms with Crippen molar-refractivity contribution < 1.29 is 17.9 Å². The van der Waals surface area contributed by atoms with Crippen molar-refractivity contribution in [3.8, 4) is 5.75 Å². The van der Waals surface area contributed by atoms with Gasteiger partial charge in [-0.3, -0.25) is 4.79 Å². The standard InChI is InChI=1S/C23H36N2O4S/c1-4-17-15-20(13-14-22(17)29-21-7-5-6-8-21)24-23(26)18-9-11-19(12-10-18)25-30(27,28)16(2)3/h13-16,18-19,21,25H,4-12H2,1-3H3,(H,24,26). The summed E-state index contributed by atoms with van der Waals surface area (Å²) < 4.78 is 33.1. The minimum Gasteiger partial charge on any atom is -0.490 e. The van der Waals surface area contributed by atoms with Gasteiger partial charge in [0.2, 0.25) is 15.9 Å². The van der Waals surface area contributed by atoms with Gasteiger partial charge in [-0.25, -0.2) is 13.1 Å². The van der Waals surface area contributed by atoms with Crippen LogP contribution in [-0.2, 0) is 21.2 Å². The Kier molecular flexibility index (Phi) is 7.80. The first-order chi connectivity index (χ1) is 14.3. The molecule has 2 fully saturated rings. The Morgan fingerprint density at radius 2 is 1.77 bits per heavy atom. The normalized spacial score (nSPS) is 22.9. The van der Waals surface area contributed by atoms with E-state index in [0.29, 0.717) is 31.8 Å². The highest BCUT2D eigenvalue weighted by Gasteiger charge is 2.29. The van der Waals surface area contributed by atoms with Crippen LogP contribution in [-0.4, -0.2) is 31.7 Å². The Labute approximate surface area is 181 Å². The van der Waals surface area contributed by atoms with Gasteiger partial charge in [-0.1, -0.05) is 6.92 Å². The number of benzene rings is 1. The monoisotopic (exact) mass is 436 g/mol. The third-order valence-electron chi connectivity index (χ3n) is 6.35. The molecule has 168 valence electrons. The van der Waals surface area contributed by atoms with Crippen molar-refractivity contribution >= 4 is 21.6 Å². The van der Waals surface area contributed by atoms with E-state index >= 15 is 0 Å². The summed E-state index contributed by atoms with van der Waals surface area (Å²) in [4.78, 5) is 12.7. The number of carbonyl (C=O) groups excluding carboxylic acids is 1. The summed E-state index contributed by atoms with van der Waals surface area (Å²) in [5.41, 5.74) is 1.92. The highest BCUT2D eigenvalue weighted by Crippen LogP contribution is 2.30. The van der Waals surface area contributed by atoms with E-state index in [9.17, 15) is 13.2 Å². The smallest absolute Gasteiger partial charge is 0.227 e. The zero-order valence-electron chi connectivity index (χ0n) is 18.4. The van der Waals surface area contributed by atoms with Crippen LogP contribution < -0.4 is 14.8 Å². The fourth-order valence-corrected chi connectivity index (χ4v) is 5.29. The molecule has 1 aromatic carbocycles. The fourth-order valence-electron chi connectivity index (χ4n) is 4.32. The van der Waals surface area contributed by atoms with E-state index < -0.39 is 15.3 Å². The van der Waals surface area contributed by atoms with Crippen LogP contribution in [0.1, 0.15) is 77.7 Å². The van der Waals surface area contributed by atoms with Crippen molar-refractivity contribution in [1.29, 1.82) is 0 Å². The second-order valence-electron chi connectivity index (χ2n) is 8.95. The molecule has 1 aromatic rings. The molecule has 2 aliphatic rings. The van der Waals surface area contributed by atoms with Gasteiger partial charge in [-0.15, -0.1) is 0 Å². The molecule has 0 atom stereocenters. The van der Waals surface area contributed by atoms with E-state index in [1.807, 2.05) is 18.2 Å². The zero-order valence-corrected chi connectivity index (χ0v) is 19.3. The minimum atomic E-state index is -3.27. The summed E-state index contributed by atoms with van der Waals surface area (Å²) in [7, 11) is -3.27. The molecule has 0 saturated heterocycles. The number of sulfonamides is 1. The van der Waals surface area contributed by atoms with Crippen LogP contribution in [0.15, 0.2) is 18.2 Å². The second-order valence-corrected chi connectivity index (χ2v) is 11.2. The topological polar surface area (TPSA) is 84.5 Å². The molecule has 1 amide bonds. The maximum absolute atomic E-state index is 12.7. The molecule has 0 bridgehead atoms. The third kappa shape index (κ3) is 5.97. The number of rotatable bonds is 8. The van der Waals surface area contributed by atoms with Gasteiger partial charge in [-0.2, -0.15) is 0 Å². The number of nitrogens with one attached hydrogen (secondary N) is 2. The van der Waals surface area contributed by atoms with Crippen molar-refractivity contribution in [2.45, 2.75) is 96.0 Å². The molecule has 2 saturated carbocycles. The molecule has 0 aliphatic heterocycles.